The Morgan fingerprint density at radius 1 is 0.690 bits per heavy atom. The molecular formula is C14H7F12NO2. The lowest BCUT2D eigenvalue weighted by atomic mass is 9.93. The SMILES string of the molecule is Fc1c(F)c(C(F)(F)F)c(F)c(C(F)(F)F)c1C1CC(C(F)(F)F)OC2NC2O1. The van der Waals surface area contributed by atoms with Gasteiger partial charge in [0.05, 0.1) is 6.10 Å². The van der Waals surface area contributed by atoms with Crippen molar-refractivity contribution in [3.05, 3.63) is 34.1 Å². The third kappa shape index (κ3) is 3.99. The maximum absolute atomic E-state index is 14.3. The number of benzene rings is 1. The van der Waals surface area contributed by atoms with E-state index in [9.17, 15) is 52.7 Å². The Hall–Kier alpha value is -1.74. The Balaban J connectivity index is 2.23. The van der Waals surface area contributed by atoms with Gasteiger partial charge in [0.2, 0.25) is 0 Å². The van der Waals surface area contributed by atoms with Gasteiger partial charge in [0, 0.05) is 12.0 Å². The first-order valence-corrected chi connectivity index (χ1v) is 7.52. The summed E-state index contributed by atoms with van der Waals surface area (Å²) in [7, 11) is 0. The van der Waals surface area contributed by atoms with Gasteiger partial charge in [-0.25, -0.2) is 13.2 Å². The molecule has 2 fully saturated rings. The lowest BCUT2D eigenvalue weighted by Crippen LogP contribution is -2.35. The molecule has 0 spiro atoms. The molecule has 2 heterocycles. The number of ether oxygens (including phenoxy) is 2. The summed E-state index contributed by atoms with van der Waals surface area (Å²) in [6, 6.07) is 0. The molecule has 2 aliphatic rings. The first kappa shape index (κ1) is 22.0. The Labute approximate surface area is 152 Å². The van der Waals surface area contributed by atoms with Gasteiger partial charge in [-0.2, -0.15) is 39.5 Å². The third-order valence-corrected chi connectivity index (χ3v) is 4.16. The molecular weight excluding hydrogens is 442 g/mol. The van der Waals surface area contributed by atoms with Crippen molar-refractivity contribution in [2.24, 2.45) is 0 Å². The van der Waals surface area contributed by atoms with Crippen molar-refractivity contribution in [3.8, 4) is 0 Å². The molecule has 0 bridgehead atoms. The fourth-order valence-electron chi connectivity index (χ4n) is 2.89. The summed E-state index contributed by atoms with van der Waals surface area (Å²) in [5, 5.41) is 2.10. The summed E-state index contributed by atoms with van der Waals surface area (Å²) in [4.78, 5) is 0. The first-order valence-electron chi connectivity index (χ1n) is 7.52. The van der Waals surface area contributed by atoms with Gasteiger partial charge in [0.1, 0.15) is 11.1 Å². The van der Waals surface area contributed by atoms with Crippen LogP contribution >= 0.6 is 0 Å². The van der Waals surface area contributed by atoms with Gasteiger partial charge in [-0.3, -0.25) is 5.32 Å². The summed E-state index contributed by atoms with van der Waals surface area (Å²) < 4.78 is 169. The largest absolute Gasteiger partial charge is 0.422 e. The van der Waals surface area contributed by atoms with E-state index in [0.717, 1.165) is 0 Å². The average Bonchev–Trinajstić information content (AvgIpc) is 3.23. The van der Waals surface area contributed by atoms with Crippen molar-refractivity contribution in [3.63, 3.8) is 0 Å². The van der Waals surface area contributed by atoms with E-state index in [0.29, 0.717) is 0 Å². The van der Waals surface area contributed by atoms with Crippen LogP contribution in [0.15, 0.2) is 0 Å². The molecule has 3 rings (SSSR count). The number of fused-ring (bicyclic) bond motifs is 1. The van der Waals surface area contributed by atoms with Crippen LogP contribution < -0.4 is 5.32 Å². The molecule has 0 amide bonds. The molecule has 164 valence electrons. The van der Waals surface area contributed by atoms with E-state index in [1.54, 1.807) is 0 Å². The second-order valence-electron chi connectivity index (χ2n) is 6.14. The Bertz CT molecular complexity index is 815. The van der Waals surface area contributed by atoms with Crippen LogP contribution in [0.5, 0.6) is 0 Å². The molecule has 29 heavy (non-hydrogen) atoms. The molecule has 1 aromatic rings. The minimum absolute atomic E-state index is 1.45. The fourth-order valence-corrected chi connectivity index (χ4v) is 2.89. The van der Waals surface area contributed by atoms with Gasteiger partial charge in [-0.1, -0.05) is 0 Å². The second-order valence-corrected chi connectivity index (χ2v) is 6.14. The highest BCUT2D eigenvalue weighted by atomic mass is 19.4. The lowest BCUT2D eigenvalue weighted by Gasteiger charge is -2.27. The average molecular weight is 449 g/mol. The van der Waals surface area contributed by atoms with Gasteiger partial charge >= 0.3 is 18.5 Å². The summed E-state index contributed by atoms with van der Waals surface area (Å²) in [5.41, 5.74) is -8.22. The third-order valence-electron chi connectivity index (χ3n) is 4.16. The number of hydrogen-bond donors (Lipinski definition) is 1. The first-order chi connectivity index (χ1) is 13.0. The molecule has 4 unspecified atom stereocenters. The number of hydrogen-bond acceptors (Lipinski definition) is 3. The van der Waals surface area contributed by atoms with Crippen LogP contribution in [0.2, 0.25) is 0 Å². The summed E-state index contributed by atoms with van der Waals surface area (Å²) in [5.74, 6) is -9.07. The molecule has 15 heteroatoms. The molecule has 2 saturated heterocycles. The van der Waals surface area contributed by atoms with Crippen molar-refractivity contribution in [2.45, 2.75) is 49.6 Å². The zero-order valence-electron chi connectivity index (χ0n) is 13.4. The summed E-state index contributed by atoms with van der Waals surface area (Å²) in [6.07, 6.45) is -27.2. The molecule has 3 nitrogen and oxygen atoms in total. The predicted molar refractivity (Wildman–Crippen MR) is 66.4 cm³/mol. The van der Waals surface area contributed by atoms with E-state index >= 15 is 0 Å². The molecule has 1 aromatic carbocycles. The molecule has 0 saturated carbocycles. The highest BCUT2D eigenvalue weighted by Gasteiger charge is 2.56. The highest BCUT2D eigenvalue weighted by Crippen LogP contribution is 2.48. The quantitative estimate of drug-likeness (QED) is 0.380. The van der Waals surface area contributed by atoms with Crippen LogP contribution in [0.4, 0.5) is 52.7 Å². The van der Waals surface area contributed by atoms with E-state index < -0.39 is 83.8 Å². The maximum Gasteiger partial charge on any atom is 0.422 e. The van der Waals surface area contributed by atoms with Gasteiger partial charge in [0.15, 0.2) is 36.0 Å². The van der Waals surface area contributed by atoms with E-state index in [4.69, 9.17) is 4.74 Å². The summed E-state index contributed by atoms with van der Waals surface area (Å²) in [6.45, 7) is 0. The molecule has 0 aliphatic carbocycles. The van der Waals surface area contributed by atoms with E-state index in [-0.39, 0.29) is 0 Å². The smallest absolute Gasteiger partial charge is 0.351 e. The fraction of sp³-hybridized carbons (Fsp3) is 0.571. The minimum atomic E-state index is -6.06. The molecule has 4 atom stereocenters. The number of alkyl halides is 9. The minimum Gasteiger partial charge on any atom is -0.351 e. The zero-order chi connectivity index (χ0) is 22.1. The van der Waals surface area contributed by atoms with Crippen LogP contribution in [-0.2, 0) is 21.8 Å². The molecule has 1 N–H and O–H groups in total. The lowest BCUT2D eigenvalue weighted by molar-refractivity contribution is -0.226. The van der Waals surface area contributed by atoms with Gasteiger partial charge in [-0.05, 0) is 0 Å². The van der Waals surface area contributed by atoms with Gasteiger partial charge in [-0.15, -0.1) is 0 Å². The topological polar surface area (TPSA) is 40.4 Å². The predicted octanol–water partition coefficient (Wildman–Crippen LogP) is 4.81. The second kappa shape index (κ2) is 6.63. The normalized spacial score (nSPS) is 28.1. The summed E-state index contributed by atoms with van der Waals surface area (Å²) >= 11 is 0. The van der Waals surface area contributed by atoms with Gasteiger partial charge < -0.3 is 9.47 Å². The van der Waals surface area contributed by atoms with Crippen LogP contribution in [0, 0.1) is 17.5 Å². The van der Waals surface area contributed by atoms with E-state index in [2.05, 4.69) is 10.1 Å². The van der Waals surface area contributed by atoms with Crippen LogP contribution in [0.3, 0.4) is 0 Å². The number of halogens is 12. The van der Waals surface area contributed by atoms with Gasteiger partial charge in [0.25, 0.3) is 0 Å². The standard InChI is InChI=1S/C14H7F12NO2/c15-7-4(2-1-3(12(18,19)20)29-11-10(27-11)28-2)5(13(21,22)23)8(16)6(9(7)17)14(24,25)26/h2-3,10-11,27H,1H2. The number of rotatable bonds is 1. The van der Waals surface area contributed by atoms with Crippen molar-refractivity contribution >= 4 is 0 Å². The molecule has 0 aromatic heterocycles. The Morgan fingerprint density at radius 3 is 1.69 bits per heavy atom. The van der Waals surface area contributed by atoms with Crippen molar-refractivity contribution in [1.29, 1.82) is 0 Å². The van der Waals surface area contributed by atoms with Crippen molar-refractivity contribution < 1.29 is 62.2 Å². The zero-order valence-corrected chi connectivity index (χ0v) is 13.4. The van der Waals surface area contributed by atoms with Crippen molar-refractivity contribution in [1.82, 2.24) is 5.32 Å². The van der Waals surface area contributed by atoms with Crippen LogP contribution in [-0.4, -0.2) is 24.7 Å². The number of nitrogens with one attached hydrogen (secondary N) is 1. The maximum atomic E-state index is 14.3. The van der Waals surface area contributed by atoms with Crippen LogP contribution in [0.25, 0.3) is 0 Å². The Morgan fingerprint density at radius 2 is 1.21 bits per heavy atom. The van der Waals surface area contributed by atoms with Crippen LogP contribution in [0.1, 0.15) is 29.2 Å². The Kier molecular flexibility index (Phi) is 5.02. The van der Waals surface area contributed by atoms with E-state index in [1.165, 1.54) is 0 Å². The molecule has 0 radical (unpaired) electrons. The molecule has 2 aliphatic heterocycles. The van der Waals surface area contributed by atoms with Crippen molar-refractivity contribution in [2.75, 3.05) is 0 Å². The highest BCUT2D eigenvalue weighted by molar-refractivity contribution is 5.41. The van der Waals surface area contributed by atoms with E-state index in [1.807, 2.05) is 0 Å². The monoisotopic (exact) mass is 449 g/mol.